The third kappa shape index (κ3) is 2.37. The summed E-state index contributed by atoms with van der Waals surface area (Å²) in [4.78, 5) is 36.1. The molecule has 0 saturated heterocycles. The average molecular weight is 390 g/mol. The van der Waals surface area contributed by atoms with Crippen molar-refractivity contribution >= 4 is 29.5 Å². The summed E-state index contributed by atoms with van der Waals surface area (Å²) in [5.41, 5.74) is -0.0279. The monoisotopic (exact) mass is 390 g/mol. The highest BCUT2D eigenvalue weighted by atomic mass is 19.1. The van der Waals surface area contributed by atoms with Crippen molar-refractivity contribution in [1.82, 2.24) is 0 Å². The summed E-state index contributed by atoms with van der Waals surface area (Å²) in [6.07, 6.45) is 0. The molecule has 0 fully saturated rings. The van der Waals surface area contributed by atoms with Gasteiger partial charge in [-0.3, -0.25) is 19.7 Å². The van der Waals surface area contributed by atoms with Gasteiger partial charge in [0.15, 0.2) is 11.6 Å². The summed E-state index contributed by atoms with van der Waals surface area (Å²) < 4.78 is 26.3. The van der Waals surface area contributed by atoms with Crippen LogP contribution in [0.4, 0.5) is 10.0 Å². The van der Waals surface area contributed by atoms with Crippen LogP contribution in [0.15, 0.2) is 60.7 Å². The van der Waals surface area contributed by atoms with E-state index in [1.54, 1.807) is 18.2 Å². The molecule has 1 atom stereocenters. The lowest BCUT2D eigenvalue weighted by Crippen LogP contribution is -2.52. The maximum absolute atomic E-state index is 15.6. The van der Waals surface area contributed by atoms with Crippen LogP contribution in [0.2, 0.25) is 0 Å². The summed E-state index contributed by atoms with van der Waals surface area (Å²) >= 11 is 0. The van der Waals surface area contributed by atoms with Crippen molar-refractivity contribution in [2.75, 3.05) is 0 Å². The SMILES string of the molecule is O=C1c2ccccc2C(=O)c2c1ccc1c2O[B-](F)(c2cccc([N+](=O)[O-])c2)O1. The van der Waals surface area contributed by atoms with Gasteiger partial charge in [0.05, 0.1) is 10.5 Å². The van der Waals surface area contributed by atoms with Crippen LogP contribution in [-0.4, -0.2) is 23.3 Å². The van der Waals surface area contributed by atoms with E-state index in [-0.39, 0.29) is 50.7 Å². The Morgan fingerprint density at radius 3 is 2.31 bits per heavy atom. The zero-order chi connectivity index (χ0) is 20.3. The van der Waals surface area contributed by atoms with E-state index in [0.717, 1.165) is 6.07 Å². The molecule has 0 bridgehead atoms. The van der Waals surface area contributed by atoms with Crippen molar-refractivity contribution in [1.29, 1.82) is 0 Å². The Morgan fingerprint density at radius 1 is 0.862 bits per heavy atom. The van der Waals surface area contributed by atoms with Crippen LogP contribution in [0.25, 0.3) is 0 Å². The van der Waals surface area contributed by atoms with E-state index in [2.05, 4.69) is 0 Å². The first kappa shape index (κ1) is 17.1. The number of ketones is 2. The predicted octanol–water partition coefficient (Wildman–Crippen LogP) is 2.96. The molecule has 3 aromatic carbocycles. The largest absolute Gasteiger partial charge is 0.650 e. The van der Waals surface area contributed by atoms with Gasteiger partial charge in [-0.05, 0) is 18.2 Å². The Bertz CT molecular complexity index is 1260. The Balaban J connectivity index is 1.63. The van der Waals surface area contributed by atoms with Gasteiger partial charge >= 0.3 is 6.83 Å². The highest BCUT2D eigenvalue weighted by molar-refractivity contribution is 6.77. The van der Waals surface area contributed by atoms with Crippen LogP contribution in [0.3, 0.4) is 0 Å². The standard InChI is InChI=1S/C20H10BFNO6/c22-21(11-4-3-5-12(10-11)23(26)27)28-16-9-8-15-17(20(16)29-21)19(25)14-7-2-1-6-13(14)18(15)24/h1-10H/q-1. The normalized spacial score (nSPS) is 18.9. The third-order valence-corrected chi connectivity index (χ3v) is 5.04. The van der Waals surface area contributed by atoms with E-state index in [4.69, 9.17) is 9.31 Å². The van der Waals surface area contributed by atoms with Crippen LogP contribution in [0, 0.1) is 10.1 Å². The number of hydrogen-bond donors (Lipinski definition) is 0. The molecule has 0 aromatic heterocycles. The van der Waals surface area contributed by atoms with Crippen LogP contribution >= 0.6 is 0 Å². The highest BCUT2D eigenvalue weighted by Crippen LogP contribution is 2.45. The maximum atomic E-state index is 15.6. The van der Waals surface area contributed by atoms with E-state index in [1.165, 1.54) is 36.4 Å². The van der Waals surface area contributed by atoms with E-state index in [0.29, 0.717) is 0 Å². The fraction of sp³-hybridized carbons (Fsp3) is 0. The Kier molecular flexibility index (Phi) is 3.39. The quantitative estimate of drug-likeness (QED) is 0.297. The summed E-state index contributed by atoms with van der Waals surface area (Å²) in [6.45, 7) is -3.66. The number of non-ortho nitro benzene ring substituents is 1. The van der Waals surface area contributed by atoms with Crippen molar-refractivity contribution in [3.8, 4) is 11.5 Å². The van der Waals surface area contributed by atoms with Gasteiger partial charge in [0.1, 0.15) is 11.5 Å². The van der Waals surface area contributed by atoms with Crippen LogP contribution in [0.5, 0.6) is 11.5 Å². The Morgan fingerprint density at radius 2 is 1.59 bits per heavy atom. The van der Waals surface area contributed by atoms with Crippen molar-refractivity contribution in [3.63, 3.8) is 0 Å². The van der Waals surface area contributed by atoms with Crippen molar-refractivity contribution < 1.29 is 28.1 Å². The summed E-state index contributed by atoms with van der Waals surface area (Å²) in [5, 5.41) is 11.0. The van der Waals surface area contributed by atoms with E-state index >= 15 is 4.32 Å². The highest BCUT2D eigenvalue weighted by Gasteiger charge is 2.44. The smallest absolute Gasteiger partial charge is 0.557 e. The minimum atomic E-state index is -3.66. The zero-order valence-corrected chi connectivity index (χ0v) is 14.6. The number of nitrogens with zero attached hydrogens (tertiary/aromatic N) is 1. The third-order valence-electron chi connectivity index (χ3n) is 5.04. The first-order valence-corrected chi connectivity index (χ1v) is 8.69. The molecular weight excluding hydrogens is 380 g/mol. The van der Waals surface area contributed by atoms with Gasteiger partial charge in [-0.1, -0.05) is 41.9 Å². The molecule has 2 aliphatic rings. The number of nitro groups is 1. The minimum absolute atomic E-state index is 0.0433. The lowest BCUT2D eigenvalue weighted by atomic mass is 9.73. The molecule has 7 nitrogen and oxygen atoms in total. The van der Waals surface area contributed by atoms with Crippen LogP contribution in [-0.2, 0) is 0 Å². The minimum Gasteiger partial charge on any atom is -0.650 e. The molecular formula is C20H10BFNO6-. The topological polar surface area (TPSA) is 95.7 Å². The number of nitro benzene ring substituents is 1. The predicted molar refractivity (Wildman–Crippen MR) is 101 cm³/mol. The number of fused-ring (bicyclic) bond motifs is 4. The molecule has 0 N–H and O–H groups in total. The molecule has 3 aromatic rings. The molecule has 142 valence electrons. The molecule has 1 heterocycles. The molecule has 1 aliphatic heterocycles. The Hall–Kier alpha value is -4.01. The van der Waals surface area contributed by atoms with Gasteiger partial charge in [0.2, 0.25) is 0 Å². The Labute approximate surface area is 162 Å². The molecule has 5 rings (SSSR count). The molecule has 0 saturated carbocycles. The van der Waals surface area contributed by atoms with Crippen molar-refractivity contribution in [2.24, 2.45) is 0 Å². The fourth-order valence-corrected chi connectivity index (χ4v) is 3.67. The van der Waals surface area contributed by atoms with Crippen LogP contribution in [0.1, 0.15) is 31.8 Å². The van der Waals surface area contributed by atoms with Gasteiger partial charge < -0.3 is 13.6 Å². The molecule has 29 heavy (non-hydrogen) atoms. The molecule has 1 aliphatic carbocycles. The first-order valence-electron chi connectivity index (χ1n) is 8.69. The fourth-order valence-electron chi connectivity index (χ4n) is 3.67. The van der Waals surface area contributed by atoms with E-state index < -0.39 is 17.5 Å². The number of carbonyl (C=O) groups is 2. The molecule has 1 unspecified atom stereocenters. The second kappa shape index (κ2) is 5.74. The lowest BCUT2D eigenvalue weighted by Gasteiger charge is -2.27. The van der Waals surface area contributed by atoms with Gasteiger partial charge in [-0.2, -0.15) is 0 Å². The van der Waals surface area contributed by atoms with Gasteiger partial charge in [-0.15, -0.1) is 0 Å². The maximum Gasteiger partial charge on any atom is 0.557 e. The molecule has 0 spiro atoms. The summed E-state index contributed by atoms with van der Waals surface area (Å²) in [5.74, 6) is -1.07. The summed E-state index contributed by atoms with van der Waals surface area (Å²) in [6, 6.07) is 13.9. The summed E-state index contributed by atoms with van der Waals surface area (Å²) in [7, 11) is 0. The number of halogens is 1. The van der Waals surface area contributed by atoms with E-state index in [9.17, 15) is 19.7 Å². The van der Waals surface area contributed by atoms with E-state index in [1.807, 2.05) is 0 Å². The second-order valence-electron chi connectivity index (χ2n) is 6.73. The number of benzene rings is 3. The van der Waals surface area contributed by atoms with Gasteiger partial charge in [-0.25, -0.2) is 0 Å². The average Bonchev–Trinajstić information content (AvgIpc) is 3.09. The molecule has 0 amide bonds. The number of hydrogen-bond acceptors (Lipinski definition) is 6. The second-order valence-corrected chi connectivity index (χ2v) is 6.73. The molecule has 0 radical (unpaired) electrons. The molecule has 9 heteroatoms. The van der Waals surface area contributed by atoms with Gasteiger partial charge in [0, 0.05) is 22.8 Å². The first-order chi connectivity index (χ1) is 13.9. The zero-order valence-electron chi connectivity index (χ0n) is 14.6. The number of carbonyl (C=O) groups excluding carboxylic acids is 2. The van der Waals surface area contributed by atoms with Crippen molar-refractivity contribution in [2.45, 2.75) is 0 Å². The van der Waals surface area contributed by atoms with Crippen molar-refractivity contribution in [3.05, 3.63) is 93.0 Å². The number of rotatable bonds is 2. The van der Waals surface area contributed by atoms with Gasteiger partial charge in [0.25, 0.3) is 5.69 Å². The lowest BCUT2D eigenvalue weighted by molar-refractivity contribution is -0.384. The van der Waals surface area contributed by atoms with Crippen LogP contribution < -0.4 is 14.8 Å².